The van der Waals surface area contributed by atoms with Crippen molar-refractivity contribution in [2.45, 2.75) is 25.8 Å². The van der Waals surface area contributed by atoms with Crippen LogP contribution >= 0.6 is 0 Å². The van der Waals surface area contributed by atoms with Crippen LogP contribution < -0.4 is 5.32 Å². The topological polar surface area (TPSA) is 62.2 Å². The van der Waals surface area contributed by atoms with Crippen LogP contribution in [-0.2, 0) is 0 Å². The van der Waals surface area contributed by atoms with Crippen LogP contribution in [0.1, 0.15) is 30.1 Å². The number of carbonyl (C=O) groups excluding carboxylic acids is 1. The van der Waals surface area contributed by atoms with Crippen molar-refractivity contribution in [3.05, 3.63) is 24.0 Å². The van der Waals surface area contributed by atoms with E-state index in [2.05, 4.69) is 16.2 Å². The average molecular weight is 218 g/mol. The first-order chi connectivity index (χ1) is 7.67. The molecule has 0 aliphatic carbocycles. The Morgan fingerprint density at radius 2 is 2.44 bits per heavy atom. The zero-order valence-corrected chi connectivity index (χ0v) is 9.10. The maximum atomic E-state index is 11.7. The quantitative estimate of drug-likeness (QED) is 0.749. The number of terminal acetylenes is 1. The number of nitrogens with one attached hydrogen (secondary N) is 1. The van der Waals surface area contributed by atoms with Crippen molar-refractivity contribution in [3.8, 4) is 18.1 Å². The van der Waals surface area contributed by atoms with E-state index < -0.39 is 0 Å². The molecule has 1 aromatic rings. The van der Waals surface area contributed by atoms with Crippen LogP contribution in [0.4, 0.5) is 0 Å². The fourth-order valence-electron chi connectivity index (χ4n) is 1.28. The lowest BCUT2D eigenvalue weighted by Gasteiger charge is -2.11. The molecule has 1 atom stereocenters. The monoisotopic (exact) mass is 218 g/mol. The molecule has 0 bridgehead atoms. The SMILES string of the molecule is C#CC(CCC)NC(=O)c1cncc(O)c1. The highest BCUT2D eigenvalue weighted by Crippen LogP contribution is 2.08. The molecule has 0 saturated carbocycles. The number of rotatable bonds is 4. The molecule has 0 radical (unpaired) electrons. The Kier molecular flexibility index (Phi) is 4.34. The second kappa shape index (κ2) is 5.76. The van der Waals surface area contributed by atoms with Crippen molar-refractivity contribution in [2.75, 3.05) is 0 Å². The van der Waals surface area contributed by atoms with Crippen LogP contribution in [0.15, 0.2) is 18.5 Å². The Bertz CT molecular complexity index is 410. The van der Waals surface area contributed by atoms with Crippen LogP contribution in [0, 0.1) is 12.3 Å². The molecule has 84 valence electrons. The highest BCUT2D eigenvalue weighted by atomic mass is 16.3. The van der Waals surface area contributed by atoms with Crippen LogP contribution in [0.5, 0.6) is 5.75 Å². The zero-order valence-electron chi connectivity index (χ0n) is 9.10. The fraction of sp³-hybridized carbons (Fsp3) is 0.333. The molecule has 0 aromatic carbocycles. The van der Waals surface area contributed by atoms with Crippen molar-refractivity contribution in [3.63, 3.8) is 0 Å². The van der Waals surface area contributed by atoms with Gasteiger partial charge < -0.3 is 10.4 Å². The standard InChI is InChI=1S/C12H14N2O2/c1-3-5-10(4-2)14-12(16)9-6-11(15)8-13-7-9/h2,6-8,10,15H,3,5H2,1H3,(H,14,16). The van der Waals surface area contributed by atoms with Crippen molar-refractivity contribution in [1.82, 2.24) is 10.3 Å². The van der Waals surface area contributed by atoms with Gasteiger partial charge in [0.2, 0.25) is 0 Å². The van der Waals surface area contributed by atoms with Crippen LogP contribution in [0.2, 0.25) is 0 Å². The number of pyridine rings is 1. The molecule has 1 amide bonds. The van der Waals surface area contributed by atoms with Gasteiger partial charge in [-0.25, -0.2) is 0 Å². The highest BCUT2D eigenvalue weighted by Gasteiger charge is 2.11. The molecule has 0 aliphatic heterocycles. The molecule has 4 heteroatoms. The van der Waals surface area contributed by atoms with E-state index >= 15 is 0 Å². The van der Waals surface area contributed by atoms with Crippen LogP contribution in [-0.4, -0.2) is 22.0 Å². The van der Waals surface area contributed by atoms with Gasteiger partial charge in [-0.15, -0.1) is 6.42 Å². The highest BCUT2D eigenvalue weighted by molar-refractivity contribution is 5.94. The smallest absolute Gasteiger partial charge is 0.253 e. The van der Waals surface area contributed by atoms with Crippen molar-refractivity contribution in [2.24, 2.45) is 0 Å². The number of aromatic hydroxyl groups is 1. The van der Waals surface area contributed by atoms with Crippen molar-refractivity contribution in [1.29, 1.82) is 0 Å². The summed E-state index contributed by atoms with van der Waals surface area (Å²) in [6.45, 7) is 1.99. The summed E-state index contributed by atoms with van der Waals surface area (Å²) in [5.41, 5.74) is 0.302. The first-order valence-electron chi connectivity index (χ1n) is 5.08. The Labute approximate surface area is 94.7 Å². The number of carbonyl (C=O) groups is 1. The van der Waals surface area contributed by atoms with E-state index in [4.69, 9.17) is 6.42 Å². The Morgan fingerprint density at radius 3 is 3.00 bits per heavy atom. The minimum absolute atomic E-state index is 0.0413. The van der Waals surface area contributed by atoms with E-state index in [1.54, 1.807) is 0 Å². The van der Waals surface area contributed by atoms with E-state index in [1.807, 2.05) is 6.92 Å². The maximum Gasteiger partial charge on any atom is 0.253 e. The lowest BCUT2D eigenvalue weighted by Crippen LogP contribution is -2.33. The third kappa shape index (κ3) is 3.28. The lowest BCUT2D eigenvalue weighted by atomic mass is 10.1. The molecule has 16 heavy (non-hydrogen) atoms. The summed E-state index contributed by atoms with van der Waals surface area (Å²) in [4.78, 5) is 15.4. The minimum Gasteiger partial charge on any atom is -0.506 e. The maximum absolute atomic E-state index is 11.7. The van der Waals surface area contributed by atoms with Gasteiger partial charge in [-0.3, -0.25) is 9.78 Å². The van der Waals surface area contributed by atoms with E-state index in [1.165, 1.54) is 18.5 Å². The number of amides is 1. The second-order valence-electron chi connectivity index (χ2n) is 3.41. The Hall–Kier alpha value is -2.02. The predicted octanol–water partition coefficient (Wildman–Crippen LogP) is 1.32. The molecule has 1 heterocycles. The van der Waals surface area contributed by atoms with E-state index in [9.17, 15) is 9.90 Å². The molecule has 1 aromatic heterocycles. The van der Waals surface area contributed by atoms with Gasteiger partial charge in [0, 0.05) is 6.20 Å². The normalized spacial score (nSPS) is 11.5. The third-order valence-electron chi connectivity index (χ3n) is 2.07. The molecule has 4 nitrogen and oxygen atoms in total. The fourth-order valence-corrected chi connectivity index (χ4v) is 1.28. The first-order valence-corrected chi connectivity index (χ1v) is 5.08. The van der Waals surface area contributed by atoms with Crippen molar-refractivity contribution >= 4 is 5.91 Å². The average Bonchev–Trinajstić information content (AvgIpc) is 2.28. The van der Waals surface area contributed by atoms with E-state index in [-0.39, 0.29) is 17.7 Å². The minimum atomic E-state index is -0.320. The van der Waals surface area contributed by atoms with Crippen LogP contribution in [0.25, 0.3) is 0 Å². The summed E-state index contributed by atoms with van der Waals surface area (Å²) in [6.07, 6.45) is 9.56. The summed E-state index contributed by atoms with van der Waals surface area (Å²) in [5.74, 6) is 2.14. The van der Waals surface area contributed by atoms with Gasteiger partial charge in [-0.1, -0.05) is 19.3 Å². The molecule has 0 spiro atoms. The summed E-state index contributed by atoms with van der Waals surface area (Å²) in [5, 5.41) is 11.9. The third-order valence-corrected chi connectivity index (χ3v) is 2.07. The lowest BCUT2D eigenvalue weighted by molar-refractivity contribution is 0.0943. The summed E-state index contributed by atoms with van der Waals surface area (Å²) < 4.78 is 0. The second-order valence-corrected chi connectivity index (χ2v) is 3.41. The number of hydrogen-bond donors (Lipinski definition) is 2. The molecule has 0 aliphatic rings. The van der Waals surface area contributed by atoms with Gasteiger partial charge in [0.15, 0.2) is 0 Å². The van der Waals surface area contributed by atoms with E-state index in [0.29, 0.717) is 5.56 Å². The van der Waals surface area contributed by atoms with Gasteiger partial charge in [0.1, 0.15) is 5.75 Å². The molecule has 1 unspecified atom stereocenters. The predicted molar refractivity (Wildman–Crippen MR) is 60.9 cm³/mol. The number of aromatic nitrogens is 1. The molecule has 0 saturated heterocycles. The Morgan fingerprint density at radius 1 is 1.69 bits per heavy atom. The first kappa shape index (κ1) is 12.1. The Balaban J connectivity index is 2.69. The summed E-state index contributed by atoms with van der Waals surface area (Å²) in [6, 6.07) is 1.07. The van der Waals surface area contributed by atoms with Gasteiger partial charge >= 0.3 is 0 Å². The molecule has 1 rings (SSSR count). The van der Waals surface area contributed by atoms with Gasteiger partial charge in [-0.05, 0) is 12.5 Å². The summed E-state index contributed by atoms with van der Waals surface area (Å²) >= 11 is 0. The van der Waals surface area contributed by atoms with Crippen molar-refractivity contribution < 1.29 is 9.90 Å². The molecular formula is C12H14N2O2. The van der Waals surface area contributed by atoms with Gasteiger partial charge in [0.25, 0.3) is 5.91 Å². The molecular weight excluding hydrogens is 204 g/mol. The zero-order chi connectivity index (χ0) is 12.0. The van der Waals surface area contributed by atoms with Gasteiger partial charge in [-0.2, -0.15) is 0 Å². The number of nitrogens with zero attached hydrogens (tertiary/aromatic N) is 1. The molecule has 0 fully saturated rings. The number of hydrogen-bond acceptors (Lipinski definition) is 3. The van der Waals surface area contributed by atoms with E-state index in [0.717, 1.165) is 12.8 Å². The largest absolute Gasteiger partial charge is 0.506 e. The van der Waals surface area contributed by atoms with Crippen LogP contribution in [0.3, 0.4) is 0 Å². The summed E-state index contributed by atoms with van der Waals surface area (Å²) in [7, 11) is 0. The van der Waals surface area contributed by atoms with Gasteiger partial charge in [0.05, 0.1) is 17.8 Å². The molecule has 2 N–H and O–H groups in total.